The fraction of sp³-hybridized carbons (Fsp3) is 0.368. The van der Waals surface area contributed by atoms with Crippen LogP contribution in [0.4, 0.5) is 0 Å². The van der Waals surface area contributed by atoms with Crippen molar-refractivity contribution < 1.29 is 0 Å². The molecule has 0 aliphatic heterocycles. The van der Waals surface area contributed by atoms with Crippen molar-refractivity contribution in [2.45, 2.75) is 36.9 Å². The van der Waals surface area contributed by atoms with Crippen LogP contribution in [0.15, 0.2) is 54.6 Å². The Hall–Kier alpha value is -1.08. The zero-order valence-corrected chi connectivity index (χ0v) is 13.4. The molecular weight excluding hydrogens is 308 g/mol. The average molecular weight is 329 g/mol. The Bertz CT molecular complexity index is 523. The molecule has 0 aromatic heterocycles. The maximum Gasteiger partial charge on any atom is 0.0423 e. The molecule has 1 atom stereocenters. The highest BCUT2D eigenvalue weighted by Crippen LogP contribution is 2.40. The van der Waals surface area contributed by atoms with E-state index in [1.807, 2.05) is 0 Å². The molecule has 0 N–H and O–H groups in total. The standard InChI is InChI=1S/C19H21Br/c20-19(17-9-5-2-6-10-17)18-13-11-16(12-14-18)15-7-3-1-4-8-15/h1,3-4,7-8,11-14,17,19H,2,5-6,9-10H2. The monoisotopic (exact) mass is 328 g/mol. The van der Waals surface area contributed by atoms with Crippen LogP contribution in [0.1, 0.15) is 42.5 Å². The summed E-state index contributed by atoms with van der Waals surface area (Å²) < 4.78 is 0. The van der Waals surface area contributed by atoms with Crippen LogP contribution >= 0.6 is 15.9 Å². The Morgan fingerprint density at radius 2 is 1.35 bits per heavy atom. The van der Waals surface area contributed by atoms with Crippen LogP contribution in [0.3, 0.4) is 0 Å². The molecule has 0 bridgehead atoms. The quantitative estimate of drug-likeness (QED) is 0.574. The molecule has 0 amide bonds. The van der Waals surface area contributed by atoms with Gasteiger partial charge in [0.15, 0.2) is 0 Å². The maximum absolute atomic E-state index is 3.93. The molecule has 1 fully saturated rings. The minimum absolute atomic E-state index is 0.521. The molecule has 3 rings (SSSR count). The van der Waals surface area contributed by atoms with Crippen LogP contribution in [-0.2, 0) is 0 Å². The first-order valence-electron chi connectivity index (χ1n) is 7.64. The van der Waals surface area contributed by atoms with E-state index in [-0.39, 0.29) is 0 Å². The van der Waals surface area contributed by atoms with E-state index in [9.17, 15) is 0 Å². The molecule has 0 nitrogen and oxygen atoms in total. The number of hydrogen-bond acceptors (Lipinski definition) is 0. The lowest BCUT2D eigenvalue weighted by Crippen LogP contribution is -2.11. The van der Waals surface area contributed by atoms with Crippen molar-refractivity contribution in [3.8, 4) is 11.1 Å². The highest BCUT2D eigenvalue weighted by molar-refractivity contribution is 9.09. The van der Waals surface area contributed by atoms with Gasteiger partial charge in [-0.25, -0.2) is 0 Å². The lowest BCUT2D eigenvalue weighted by molar-refractivity contribution is 0.354. The van der Waals surface area contributed by atoms with Gasteiger partial charge in [0.25, 0.3) is 0 Å². The Morgan fingerprint density at radius 3 is 2.00 bits per heavy atom. The summed E-state index contributed by atoms with van der Waals surface area (Å²) in [6.45, 7) is 0. The number of halogens is 1. The molecule has 0 radical (unpaired) electrons. The molecule has 1 saturated carbocycles. The van der Waals surface area contributed by atoms with Crippen molar-refractivity contribution in [2.24, 2.45) is 5.92 Å². The minimum Gasteiger partial charge on any atom is -0.0836 e. The van der Waals surface area contributed by atoms with Crippen LogP contribution in [0, 0.1) is 5.92 Å². The van der Waals surface area contributed by atoms with Crippen LogP contribution in [0.5, 0.6) is 0 Å². The summed E-state index contributed by atoms with van der Waals surface area (Å²) in [5.41, 5.74) is 4.03. The summed E-state index contributed by atoms with van der Waals surface area (Å²) in [5, 5.41) is 0. The number of hydrogen-bond donors (Lipinski definition) is 0. The fourth-order valence-electron chi connectivity index (χ4n) is 3.19. The molecule has 0 spiro atoms. The molecule has 20 heavy (non-hydrogen) atoms. The third-order valence-corrected chi connectivity index (χ3v) is 5.68. The number of alkyl halides is 1. The first-order valence-corrected chi connectivity index (χ1v) is 8.55. The SMILES string of the molecule is BrC(c1ccc(-c2ccccc2)cc1)C1CCCCC1. The number of rotatable bonds is 3. The summed E-state index contributed by atoms with van der Waals surface area (Å²) in [5.74, 6) is 0.811. The van der Waals surface area contributed by atoms with Gasteiger partial charge in [0.1, 0.15) is 0 Å². The predicted octanol–water partition coefficient (Wildman–Crippen LogP) is 6.37. The predicted molar refractivity (Wildman–Crippen MR) is 90.1 cm³/mol. The molecular formula is C19H21Br. The first kappa shape index (κ1) is 13.9. The third kappa shape index (κ3) is 3.15. The summed E-state index contributed by atoms with van der Waals surface area (Å²) in [7, 11) is 0. The second-order valence-corrected chi connectivity index (χ2v) is 6.77. The highest BCUT2D eigenvalue weighted by Gasteiger charge is 2.22. The molecule has 2 aromatic carbocycles. The van der Waals surface area contributed by atoms with E-state index >= 15 is 0 Å². The molecule has 1 aliphatic carbocycles. The lowest BCUT2D eigenvalue weighted by Gasteiger charge is -2.26. The van der Waals surface area contributed by atoms with Gasteiger partial charge in [-0.2, -0.15) is 0 Å². The fourth-order valence-corrected chi connectivity index (χ4v) is 4.02. The van der Waals surface area contributed by atoms with E-state index in [0.29, 0.717) is 4.83 Å². The molecule has 1 unspecified atom stereocenters. The first-order chi connectivity index (χ1) is 9.84. The van der Waals surface area contributed by atoms with E-state index in [4.69, 9.17) is 0 Å². The molecule has 1 heteroatoms. The second-order valence-electron chi connectivity index (χ2n) is 5.79. The normalized spacial score (nSPS) is 17.9. The molecule has 0 heterocycles. The lowest BCUT2D eigenvalue weighted by atomic mass is 9.84. The Balaban J connectivity index is 1.75. The van der Waals surface area contributed by atoms with Crippen molar-refractivity contribution in [1.82, 2.24) is 0 Å². The summed E-state index contributed by atoms with van der Waals surface area (Å²) >= 11 is 3.93. The van der Waals surface area contributed by atoms with Gasteiger partial charge >= 0.3 is 0 Å². The van der Waals surface area contributed by atoms with Gasteiger partial charge in [0.05, 0.1) is 0 Å². The van der Waals surface area contributed by atoms with Crippen LogP contribution < -0.4 is 0 Å². The summed E-state index contributed by atoms with van der Waals surface area (Å²) in [4.78, 5) is 0.521. The smallest absolute Gasteiger partial charge is 0.0423 e. The van der Waals surface area contributed by atoms with Crippen molar-refractivity contribution >= 4 is 15.9 Å². The average Bonchev–Trinajstić information content (AvgIpc) is 2.56. The van der Waals surface area contributed by atoms with Gasteiger partial charge in [-0.3, -0.25) is 0 Å². The third-order valence-electron chi connectivity index (χ3n) is 4.40. The Kier molecular flexibility index (Phi) is 4.57. The highest BCUT2D eigenvalue weighted by atomic mass is 79.9. The molecule has 1 aliphatic rings. The Morgan fingerprint density at radius 1 is 0.750 bits per heavy atom. The van der Waals surface area contributed by atoms with E-state index in [1.165, 1.54) is 48.8 Å². The Labute approximate surface area is 130 Å². The summed E-state index contributed by atoms with van der Waals surface area (Å²) in [6, 6.07) is 19.7. The minimum atomic E-state index is 0.521. The summed E-state index contributed by atoms with van der Waals surface area (Å²) in [6.07, 6.45) is 6.96. The van der Waals surface area contributed by atoms with Crippen molar-refractivity contribution in [1.29, 1.82) is 0 Å². The van der Waals surface area contributed by atoms with Crippen LogP contribution in [0.25, 0.3) is 11.1 Å². The van der Waals surface area contributed by atoms with Gasteiger partial charge in [-0.05, 0) is 35.4 Å². The zero-order chi connectivity index (χ0) is 13.8. The number of benzene rings is 2. The van der Waals surface area contributed by atoms with E-state index < -0.39 is 0 Å². The molecule has 2 aromatic rings. The van der Waals surface area contributed by atoms with E-state index in [2.05, 4.69) is 70.5 Å². The van der Waals surface area contributed by atoms with Crippen molar-refractivity contribution in [3.63, 3.8) is 0 Å². The van der Waals surface area contributed by atoms with Crippen LogP contribution in [0.2, 0.25) is 0 Å². The van der Waals surface area contributed by atoms with Gasteiger partial charge in [-0.15, -0.1) is 0 Å². The van der Waals surface area contributed by atoms with Gasteiger partial charge in [0, 0.05) is 4.83 Å². The van der Waals surface area contributed by atoms with Gasteiger partial charge in [-0.1, -0.05) is 89.8 Å². The van der Waals surface area contributed by atoms with E-state index in [1.54, 1.807) is 0 Å². The maximum atomic E-state index is 3.93. The van der Waals surface area contributed by atoms with Crippen LogP contribution in [-0.4, -0.2) is 0 Å². The van der Waals surface area contributed by atoms with Crippen molar-refractivity contribution in [2.75, 3.05) is 0 Å². The molecule has 104 valence electrons. The van der Waals surface area contributed by atoms with Gasteiger partial charge < -0.3 is 0 Å². The van der Waals surface area contributed by atoms with Crippen molar-refractivity contribution in [3.05, 3.63) is 60.2 Å². The largest absolute Gasteiger partial charge is 0.0836 e. The van der Waals surface area contributed by atoms with Gasteiger partial charge in [0.2, 0.25) is 0 Å². The second kappa shape index (κ2) is 6.58. The molecule has 0 saturated heterocycles. The zero-order valence-electron chi connectivity index (χ0n) is 11.8. The topological polar surface area (TPSA) is 0 Å². The van der Waals surface area contributed by atoms with E-state index in [0.717, 1.165) is 5.92 Å².